The molecular weight excluding hydrogens is 444 g/mol. The number of carbonyl (C=O) groups excluding carboxylic acids is 1. The lowest BCUT2D eigenvalue weighted by Gasteiger charge is -2.20. The molecule has 0 saturated heterocycles. The van der Waals surface area contributed by atoms with Crippen molar-refractivity contribution in [1.29, 1.82) is 0 Å². The van der Waals surface area contributed by atoms with E-state index in [-0.39, 0.29) is 5.91 Å². The summed E-state index contributed by atoms with van der Waals surface area (Å²) in [5, 5.41) is 0.619. The average Bonchev–Trinajstić information content (AvgIpc) is 3.51. The van der Waals surface area contributed by atoms with Crippen LogP contribution in [-0.2, 0) is 6.54 Å². The number of nitrogens with zero attached hydrogens (tertiary/aromatic N) is 4. The number of amides is 1. The van der Waals surface area contributed by atoms with Crippen LogP contribution in [0.3, 0.4) is 0 Å². The summed E-state index contributed by atoms with van der Waals surface area (Å²) in [6, 6.07) is 11.4. The first kappa shape index (κ1) is 22.2. The van der Waals surface area contributed by atoms with Crippen molar-refractivity contribution >= 4 is 44.4 Å². The van der Waals surface area contributed by atoms with Gasteiger partial charge in [0.15, 0.2) is 5.13 Å². The van der Waals surface area contributed by atoms with Gasteiger partial charge in [-0.25, -0.2) is 9.97 Å². The van der Waals surface area contributed by atoms with Crippen LogP contribution in [0.25, 0.3) is 10.2 Å². The van der Waals surface area contributed by atoms with E-state index in [4.69, 9.17) is 14.5 Å². The molecule has 166 valence electrons. The van der Waals surface area contributed by atoms with Gasteiger partial charge in [-0.3, -0.25) is 9.69 Å². The summed E-state index contributed by atoms with van der Waals surface area (Å²) in [6.45, 7) is 1.27. The molecule has 9 heteroatoms. The maximum atomic E-state index is 13.6. The van der Waals surface area contributed by atoms with Crippen molar-refractivity contribution in [3.8, 4) is 11.5 Å². The molecule has 0 fully saturated rings. The Bertz CT molecular complexity index is 1170. The number of imidazole rings is 1. The Morgan fingerprint density at radius 3 is 2.72 bits per heavy atom. The summed E-state index contributed by atoms with van der Waals surface area (Å²) in [5.74, 6) is 1.28. The highest BCUT2D eigenvalue weighted by Gasteiger charge is 2.23. The standard InChI is InChI=1S/C23H24N4O3S2/c1-29-18-8-9-19(30-2)21-20(18)25-23(32-21)27(12-5-11-26-13-10-24-15-26)22(28)16-6-4-7-17(14-16)31-3/h4,6-10,13-15H,5,11-12H2,1-3H3. The molecule has 2 aromatic heterocycles. The van der Waals surface area contributed by atoms with Crippen LogP contribution in [0.1, 0.15) is 16.8 Å². The molecule has 4 aromatic rings. The zero-order valence-electron chi connectivity index (χ0n) is 18.1. The molecule has 0 N–H and O–H groups in total. The fraction of sp³-hybridized carbons (Fsp3) is 0.261. The van der Waals surface area contributed by atoms with E-state index in [0.29, 0.717) is 34.3 Å². The number of thioether (sulfide) groups is 1. The van der Waals surface area contributed by atoms with E-state index in [9.17, 15) is 4.79 Å². The highest BCUT2D eigenvalue weighted by molar-refractivity contribution is 7.98. The Hall–Kier alpha value is -3.04. The van der Waals surface area contributed by atoms with Crippen molar-refractivity contribution < 1.29 is 14.3 Å². The van der Waals surface area contributed by atoms with Crippen molar-refractivity contribution in [3.05, 3.63) is 60.7 Å². The Morgan fingerprint density at radius 1 is 1.19 bits per heavy atom. The molecule has 0 radical (unpaired) electrons. The molecule has 1 amide bonds. The number of thiazole rings is 1. The second kappa shape index (κ2) is 10.1. The highest BCUT2D eigenvalue weighted by Crippen LogP contribution is 2.40. The van der Waals surface area contributed by atoms with Crippen LogP contribution in [0, 0.1) is 0 Å². The molecule has 7 nitrogen and oxygen atoms in total. The van der Waals surface area contributed by atoms with E-state index in [1.54, 1.807) is 43.4 Å². The lowest BCUT2D eigenvalue weighted by atomic mass is 10.2. The molecule has 0 aliphatic rings. The first-order valence-corrected chi connectivity index (χ1v) is 12.1. The number of carbonyl (C=O) groups is 1. The topological polar surface area (TPSA) is 69.5 Å². The fourth-order valence-corrected chi connectivity index (χ4v) is 4.97. The van der Waals surface area contributed by atoms with Gasteiger partial charge in [-0.15, -0.1) is 11.8 Å². The van der Waals surface area contributed by atoms with Crippen LogP contribution in [0.15, 0.2) is 60.0 Å². The fourth-order valence-electron chi connectivity index (χ4n) is 3.42. The van der Waals surface area contributed by atoms with Crippen molar-refractivity contribution in [2.45, 2.75) is 17.9 Å². The van der Waals surface area contributed by atoms with Gasteiger partial charge in [0.1, 0.15) is 21.7 Å². The van der Waals surface area contributed by atoms with E-state index >= 15 is 0 Å². The van der Waals surface area contributed by atoms with E-state index in [1.165, 1.54) is 11.3 Å². The van der Waals surface area contributed by atoms with Gasteiger partial charge in [0, 0.05) is 35.9 Å². The molecule has 4 rings (SSSR count). The van der Waals surface area contributed by atoms with Crippen LogP contribution in [0.4, 0.5) is 5.13 Å². The molecular formula is C23H24N4O3S2. The van der Waals surface area contributed by atoms with Crippen molar-refractivity contribution in [2.24, 2.45) is 0 Å². The molecule has 2 heterocycles. The summed E-state index contributed by atoms with van der Waals surface area (Å²) < 4.78 is 13.9. The molecule has 0 unspecified atom stereocenters. The number of hydrogen-bond acceptors (Lipinski definition) is 7. The van der Waals surface area contributed by atoms with Gasteiger partial charge in [0.05, 0.1) is 20.5 Å². The zero-order valence-corrected chi connectivity index (χ0v) is 19.8. The molecule has 0 saturated carbocycles. The lowest BCUT2D eigenvalue weighted by Crippen LogP contribution is -2.32. The van der Waals surface area contributed by atoms with Crippen LogP contribution in [0.2, 0.25) is 0 Å². The Kier molecular flexibility index (Phi) is 6.96. The number of fused-ring (bicyclic) bond motifs is 1. The smallest absolute Gasteiger partial charge is 0.260 e. The summed E-state index contributed by atoms with van der Waals surface area (Å²) in [4.78, 5) is 25.3. The minimum Gasteiger partial charge on any atom is -0.495 e. The number of aryl methyl sites for hydroxylation is 1. The molecule has 0 spiro atoms. The van der Waals surface area contributed by atoms with Gasteiger partial charge in [-0.2, -0.15) is 0 Å². The molecule has 0 atom stereocenters. The predicted octanol–water partition coefficient (Wildman–Crippen LogP) is 4.97. The van der Waals surface area contributed by atoms with Gasteiger partial charge in [-0.1, -0.05) is 17.4 Å². The molecule has 0 aliphatic heterocycles. The number of anilines is 1. The number of aromatic nitrogens is 3. The molecule has 32 heavy (non-hydrogen) atoms. The Balaban J connectivity index is 1.71. The quantitative estimate of drug-likeness (QED) is 0.323. The maximum absolute atomic E-state index is 13.6. The third-order valence-electron chi connectivity index (χ3n) is 5.05. The third-order valence-corrected chi connectivity index (χ3v) is 6.87. The van der Waals surface area contributed by atoms with Gasteiger partial charge in [0.2, 0.25) is 0 Å². The van der Waals surface area contributed by atoms with Gasteiger partial charge >= 0.3 is 0 Å². The maximum Gasteiger partial charge on any atom is 0.260 e. The minimum atomic E-state index is -0.0801. The summed E-state index contributed by atoms with van der Waals surface area (Å²) in [5.41, 5.74) is 1.33. The number of hydrogen-bond donors (Lipinski definition) is 0. The monoisotopic (exact) mass is 468 g/mol. The number of ether oxygens (including phenoxy) is 2. The number of methoxy groups -OCH3 is 2. The van der Waals surface area contributed by atoms with Crippen molar-refractivity contribution in [3.63, 3.8) is 0 Å². The van der Waals surface area contributed by atoms with E-state index in [0.717, 1.165) is 22.6 Å². The van der Waals surface area contributed by atoms with E-state index in [1.807, 2.05) is 53.4 Å². The van der Waals surface area contributed by atoms with E-state index < -0.39 is 0 Å². The molecule has 0 aliphatic carbocycles. The SMILES string of the molecule is COc1ccc(OC)c2sc(N(CCCn3ccnc3)C(=O)c3cccc(SC)c3)nc12. The Morgan fingerprint density at radius 2 is 2.00 bits per heavy atom. The van der Waals surface area contributed by atoms with Crippen molar-refractivity contribution in [2.75, 3.05) is 31.9 Å². The number of benzene rings is 2. The van der Waals surface area contributed by atoms with Crippen LogP contribution >= 0.6 is 23.1 Å². The Labute approximate surface area is 195 Å². The highest BCUT2D eigenvalue weighted by atomic mass is 32.2. The van der Waals surface area contributed by atoms with Gasteiger partial charge in [0.25, 0.3) is 5.91 Å². The zero-order chi connectivity index (χ0) is 22.5. The normalized spacial score (nSPS) is 11.0. The third kappa shape index (κ3) is 4.58. The second-order valence-corrected chi connectivity index (χ2v) is 8.84. The van der Waals surface area contributed by atoms with E-state index in [2.05, 4.69) is 4.98 Å². The van der Waals surface area contributed by atoms with Crippen molar-refractivity contribution in [1.82, 2.24) is 14.5 Å². The first-order chi connectivity index (χ1) is 15.6. The molecule has 2 aromatic carbocycles. The summed E-state index contributed by atoms with van der Waals surface area (Å²) in [7, 11) is 3.24. The number of rotatable bonds is 9. The molecule has 0 bridgehead atoms. The summed E-state index contributed by atoms with van der Waals surface area (Å²) in [6.07, 6.45) is 8.21. The first-order valence-electron chi connectivity index (χ1n) is 10.1. The van der Waals surface area contributed by atoms with Gasteiger partial charge in [-0.05, 0) is 43.0 Å². The lowest BCUT2D eigenvalue weighted by molar-refractivity contribution is 0.0986. The minimum absolute atomic E-state index is 0.0801. The second-order valence-electron chi connectivity index (χ2n) is 6.99. The largest absolute Gasteiger partial charge is 0.495 e. The van der Waals surface area contributed by atoms with Crippen LogP contribution < -0.4 is 14.4 Å². The predicted molar refractivity (Wildman–Crippen MR) is 129 cm³/mol. The van der Waals surface area contributed by atoms with Crippen LogP contribution in [0.5, 0.6) is 11.5 Å². The average molecular weight is 469 g/mol. The summed E-state index contributed by atoms with van der Waals surface area (Å²) >= 11 is 3.04. The van der Waals surface area contributed by atoms with Crippen LogP contribution in [-0.4, -0.2) is 47.5 Å². The van der Waals surface area contributed by atoms with Gasteiger partial charge < -0.3 is 14.0 Å².